The molecule has 1 aromatic heterocycles. The Morgan fingerprint density at radius 1 is 1.08 bits per heavy atom. The molecule has 1 aromatic carbocycles. The Balaban J connectivity index is 1.08. The Bertz CT molecular complexity index is 1740. The number of esters is 1. The van der Waals surface area contributed by atoms with Gasteiger partial charge in [-0.15, -0.1) is 0 Å². The highest BCUT2D eigenvalue weighted by Crippen LogP contribution is 2.84. The number of piperidine rings is 1. The lowest BCUT2D eigenvalue weighted by Gasteiger charge is -2.71. The molecule has 7 aliphatic rings. The molecule has 13 atom stereocenters. The van der Waals surface area contributed by atoms with Crippen molar-refractivity contribution in [3.8, 4) is 0 Å². The number of aliphatic hydroxyl groups is 2. The summed E-state index contributed by atoms with van der Waals surface area (Å²) in [7, 11) is 3.52. The molecule has 260 valence electrons. The number of carbonyl (C=O) groups excluding carboxylic acids is 2. The van der Waals surface area contributed by atoms with Crippen LogP contribution in [-0.2, 0) is 19.0 Å². The first-order valence-electron chi connectivity index (χ1n) is 18.1. The Labute approximate surface area is 287 Å². The van der Waals surface area contributed by atoms with E-state index in [-0.39, 0.29) is 53.7 Å². The highest BCUT2D eigenvalue weighted by Gasteiger charge is 2.92. The first-order chi connectivity index (χ1) is 23.6. The third-order valence-electron chi connectivity index (χ3n) is 14.7. The number of anilines is 1. The SMILES string of the molecule is CCN1C[C@]2(OC(=O)c3ccccc3NC(=O)/C=C(\C)c3ccncc3)CC[C@H](OC)[C@]34C1[C@@H](C[C@H]23)[C@@]1(O)C[C@H](OC)C2[C@H]3C[C@@H]4[C@]1(O)[C@@H]23. The van der Waals surface area contributed by atoms with Gasteiger partial charge >= 0.3 is 5.97 Å². The van der Waals surface area contributed by atoms with Crippen molar-refractivity contribution in [3.63, 3.8) is 0 Å². The molecule has 49 heavy (non-hydrogen) atoms. The first-order valence-corrected chi connectivity index (χ1v) is 18.1. The van der Waals surface area contributed by atoms with Crippen LogP contribution in [0.4, 0.5) is 5.69 Å². The molecule has 10 nitrogen and oxygen atoms in total. The molecule has 2 unspecified atom stereocenters. The number of hydrogen-bond acceptors (Lipinski definition) is 9. The van der Waals surface area contributed by atoms with E-state index in [1.807, 2.05) is 19.1 Å². The van der Waals surface area contributed by atoms with Crippen LogP contribution >= 0.6 is 0 Å². The molecule has 9 rings (SSSR count). The number of fused-ring (bicyclic) bond motifs is 2. The van der Waals surface area contributed by atoms with Gasteiger partial charge in [0.15, 0.2) is 0 Å². The van der Waals surface area contributed by atoms with Crippen molar-refractivity contribution >= 4 is 23.1 Å². The largest absolute Gasteiger partial charge is 0.454 e. The predicted octanol–water partition coefficient (Wildman–Crippen LogP) is 3.93. The van der Waals surface area contributed by atoms with Gasteiger partial charge in [0.05, 0.1) is 23.5 Å². The summed E-state index contributed by atoms with van der Waals surface area (Å²) in [5.41, 5.74) is -1.45. The second-order valence-electron chi connectivity index (χ2n) is 16.0. The fourth-order valence-corrected chi connectivity index (χ4v) is 13.2. The Morgan fingerprint density at radius 2 is 1.86 bits per heavy atom. The summed E-state index contributed by atoms with van der Waals surface area (Å²) in [6, 6.07) is 10.7. The highest BCUT2D eigenvalue weighted by atomic mass is 16.6. The summed E-state index contributed by atoms with van der Waals surface area (Å²) in [5.74, 6) is -0.641. The number of ether oxygens (including phenoxy) is 3. The van der Waals surface area contributed by atoms with Crippen LogP contribution in [0.2, 0.25) is 0 Å². The van der Waals surface area contributed by atoms with Crippen LogP contribution in [0.25, 0.3) is 5.57 Å². The van der Waals surface area contributed by atoms with E-state index < -0.39 is 28.2 Å². The zero-order chi connectivity index (χ0) is 34.1. The summed E-state index contributed by atoms with van der Waals surface area (Å²) < 4.78 is 19.2. The van der Waals surface area contributed by atoms with Crippen LogP contribution in [-0.4, -0.2) is 94.3 Å². The molecular formula is C39H47N3O7. The number of nitrogens with zero attached hydrogens (tertiary/aromatic N) is 2. The Hall–Kier alpha value is -3.15. The topological polar surface area (TPSA) is 130 Å². The van der Waals surface area contributed by atoms with Gasteiger partial charge in [0.2, 0.25) is 5.91 Å². The number of aromatic nitrogens is 1. The summed E-state index contributed by atoms with van der Waals surface area (Å²) in [6.07, 6.45) is 7.95. The lowest BCUT2D eigenvalue weighted by atomic mass is 9.42. The van der Waals surface area contributed by atoms with Crippen molar-refractivity contribution in [2.24, 2.45) is 40.9 Å². The van der Waals surface area contributed by atoms with Gasteiger partial charge in [0, 0.05) is 74.9 Å². The zero-order valence-corrected chi connectivity index (χ0v) is 28.7. The zero-order valence-electron chi connectivity index (χ0n) is 28.7. The number of pyridine rings is 1. The molecular weight excluding hydrogens is 622 g/mol. The van der Waals surface area contributed by atoms with Crippen LogP contribution in [0, 0.1) is 40.9 Å². The molecule has 5 bridgehead atoms. The van der Waals surface area contributed by atoms with Crippen molar-refractivity contribution in [1.29, 1.82) is 0 Å². The monoisotopic (exact) mass is 669 g/mol. The number of likely N-dealkylation sites (N-methyl/N-ethyl adjacent to an activating group) is 1. The first kappa shape index (κ1) is 31.8. The highest BCUT2D eigenvalue weighted by molar-refractivity contribution is 6.07. The lowest BCUT2D eigenvalue weighted by molar-refractivity contribution is -0.333. The average molecular weight is 670 g/mol. The van der Waals surface area contributed by atoms with Crippen molar-refractivity contribution in [1.82, 2.24) is 9.88 Å². The molecule has 1 saturated heterocycles. The maximum Gasteiger partial charge on any atom is 0.340 e. The Kier molecular flexibility index (Phi) is 6.93. The van der Waals surface area contributed by atoms with Crippen molar-refractivity contribution in [3.05, 3.63) is 66.0 Å². The molecule has 10 heteroatoms. The molecule has 3 N–H and O–H groups in total. The van der Waals surface area contributed by atoms with Crippen molar-refractivity contribution < 1.29 is 34.0 Å². The van der Waals surface area contributed by atoms with Crippen molar-refractivity contribution in [2.45, 2.75) is 81.0 Å². The maximum absolute atomic E-state index is 14.4. The average Bonchev–Trinajstić information content (AvgIpc) is 3.65. The molecule has 1 aliphatic heterocycles. The minimum absolute atomic E-state index is 0.00315. The molecule has 7 fully saturated rings. The summed E-state index contributed by atoms with van der Waals surface area (Å²) in [4.78, 5) is 34.1. The lowest BCUT2D eigenvalue weighted by Crippen LogP contribution is -2.82. The number of nitrogens with one attached hydrogen (secondary N) is 1. The van der Waals surface area contributed by atoms with Gasteiger partial charge in [0.25, 0.3) is 0 Å². The summed E-state index contributed by atoms with van der Waals surface area (Å²) in [5, 5.41) is 28.8. The van der Waals surface area contributed by atoms with E-state index in [2.05, 4.69) is 22.1 Å². The standard InChI is InChI=1S/C39H47N3O7/c1-5-42-20-36(49-35(44)23-8-6-7-9-26(23)41-31(43)16-21(2)22-11-14-40-15-12-22)13-10-30(48-4)38-28(36)18-25(34(38)42)37(45)19-27(47-3)32-24-17-29(38)39(37,46)33(24)32/h6-9,11-12,14-16,24-25,27-30,32-34,45-46H,5,10,13,17-20H2,1-4H3,(H,41,43)/b21-16+/t24-,25-,27+,28-,29+,30+,32?,33-,34?,36-,37+,38+,39+/m1/s1. The number of methoxy groups -OCH3 is 2. The van der Waals surface area contributed by atoms with Gasteiger partial charge in [0.1, 0.15) is 16.8 Å². The van der Waals surface area contributed by atoms with Gasteiger partial charge in [-0.25, -0.2) is 4.79 Å². The summed E-state index contributed by atoms with van der Waals surface area (Å²) in [6.45, 7) is 5.29. The van der Waals surface area contributed by atoms with Gasteiger partial charge in [-0.05, 0) is 92.3 Å². The number of hydrogen-bond donors (Lipinski definition) is 3. The molecule has 6 aliphatic carbocycles. The smallest absolute Gasteiger partial charge is 0.340 e. The molecule has 1 spiro atoms. The minimum atomic E-state index is -1.29. The second-order valence-corrected chi connectivity index (χ2v) is 16.0. The van der Waals surface area contributed by atoms with E-state index >= 15 is 0 Å². The van der Waals surface area contributed by atoms with E-state index in [9.17, 15) is 19.8 Å². The van der Waals surface area contributed by atoms with Crippen LogP contribution < -0.4 is 5.32 Å². The van der Waals surface area contributed by atoms with E-state index in [0.29, 0.717) is 49.4 Å². The van der Waals surface area contributed by atoms with Gasteiger partial charge < -0.3 is 29.7 Å². The van der Waals surface area contributed by atoms with E-state index in [0.717, 1.165) is 24.1 Å². The quantitative estimate of drug-likeness (QED) is 0.283. The normalized spacial score (nSPS) is 45.4. The van der Waals surface area contributed by atoms with Gasteiger partial charge in [-0.2, -0.15) is 0 Å². The summed E-state index contributed by atoms with van der Waals surface area (Å²) >= 11 is 0. The molecule has 2 heterocycles. The maximum atomic E-state index is 14.4. The van der Waals surface area contributed by atoms with Gasteiger partial charge in [-0.3, -0.25) is 14.7 Å². The number of benzene rings is 1. The number of para-hydroxylation sites is 1. The van der Waals surface area contributed by atoms with Crippen LogP contribution in [0.5, 0.6) is 0 Å². The van der Waals surface area contributed by atoms with Crippen LogP contribution in [0.1, 0.15) is 61.9 Å². The molecule has 6 saturated carbocycles. The Morgan fingerprint density at radius 3 is 2.59 bits per heavy atom. The van der Waals surface area contributed by atoms with E-state index in [1.54, 1.807) is 50.9 Å². The van der Waals surface area contributed by atoms with E-state index in [4.69, 9.17) is 14.2 Å². The number of likely N-dealkylation sites (tertiary alicyclic amines) is 1. The fourth-order valence-electron chi connectivity index (χ4n) is 13.2. The van der Waals surface area contributed by atoms with Crippen LogP contribution in [0.3, 0.4) is 0 Å². The third kappa shape index (κ3) is 3.87. The third-order valence-corrected chi connectivity index (χ3v) is 14.7. The molecule has 0 radical (unpaired) electrons. The number of carbonyl (C=O) groups is 2. The van der Waals surface area contributed by atoms with Gasteiger partial charge in [-0.1, -0.05) is 19.1 Å². The van der Waals surface area contributed by atoms with Crippen LogP contribution in [0.15, 0.2) is 54.9 Å². The fraction of sp³-hybridized carbons (Fsp3) is 0.615. The number of rotatable bonds is 8. The minimum Gasteiger partial charge on any atom is -0.454 e. The second kappa shape index (κ2) is 10.7. The molecule has 1 amide bonds. The van der Waals surface area contributed by atoms with E-state index in [1.165, 1.54) is 6.08 Å². The number of allylic oxidation sites excluding steroid dienone is 1. The number of amides is 1. The predicted molar refractivity (Wildman–Crippen MR) is 180 cm³/mol. The van der Waals surface area contributed by atoms with Crippen molar-refractivity contribution in [2.75, 3.05) is 32.6 Å². The molecule has 2 aromatic rings.